The molecule has 5 heteroatoms. The molecular weight excluding hydrogens is 745 g/mol. The highest BCUT2D eigenvalue weighted by molar-refractivity contribution is 8.00. The largest absolute Gasteiger partial charge is 0.340 e. The molecule has 288 valence electrons. The maximum Gasteiger partial charge on any atom is 0.193 e. The fraction of sp³-hybridized carbons (Fsp3) is 0.226. The number of nitrogens with zero attached hydrogens (tertiary/aromatic N) is 2. The van der Waals surface area contributed by atoms with Gasteiger partial charge in [-0.05, 0) is 122 Å². The Morgan fingerprint density at radius 2 is 0.810 bits per heavy atom. The Balaban J connectivity index is 0.910. The molecule has 2 aliphatic heterocycles. The van der Waals surface area contributed by atoms with Gasteiger partial charge in [0, 0.05) is 66.1 Å². The number of carbonyl (C=O) groups is 1. The van der Waals surface area contributed by atoms with Crippen molar-refractivity contribution in [2.75, 3.05) is 22.9 Å². The zero-order valence-electron chi connectivity index (χ0n) is 33.4. The van der Waals surface area contributed by atoms with Crippen LogP contribution in [-0.2, 0) is 0 Å². The second-order valence-electron chi connectivity index (χ2n) is 14.9. The molecule has 0 saturated heterocycles. The number of benzene rings is 6. The molecule has 2 aliphatic rings. The smallest absolute Gasteiger partial charge is 0.193 e. The van der Waals surface area contributed by atoms with Gasteiger partial charge in [0.2, 0.25) is 0 Å². The molecule has 6 aromatic carbocycles. The molecule has 0 unspecified atom stereocenters. The van der Waals surface area contributed by atoms with E-state index in [1.807, 2.05) is 72.1 Å². The zero-order valence-corrected chi connectivity index (χ0v) is 35.0. The molecule has 0 saturated carbocycles. The predicted molar refractivity (Wildman–Crippen MR) is 245 cm³/mol. The van der Waals surface area contributed by atoms with Crippen molar-refractivity contribution >= 4 is 52.1 Å². The standard InChI is InChI=1S/C53H48N2OS2/c1-3-5-7-13-35-54-45-15-9-11-17-49(45)57-51-37-41(27-33-47(51)54)21-19-39-23-29-43(30-24-39)53(56)44-31-25-40(26-32-44)20-22-42-28-34-48-52(38-42)58-50-18-12-10-16-46(50)55(48)36-14-8-6-4-2/h9-12,15-18,23-34,37-38H,3-8,13-14,35-36H2,1-2H3. The predicted octanol–water partition coefficient (Wildman–Crippen LogP) is 14.1. The number of rotatable bonds is 12. The molecule has 2 heterocycles. The second kappa shape index (κ2) is 18.8. The molecule has 0 atom stereocenters. The summed E-state index contributed by atoms with van der Waals surface area (Å²) < 4.78 is 0. The molecule has 3 nitrogen and oxygen atoms in total. The number of hydrogen-bond donors (Lipinski definition) is 0. The van der Waals surface area contributed by atoms with E-state index in [9.17, 15) is 4.79 Å². The Morgan fingerprint density at radius 1 is 0.431 bits per heavy atom. The van der Waals surface area contributed by atoms with Crippen molar-refractivity contribution in [1.82, 2.24) is 0 Å². The fourth-order valence-corrected chi connectivity index (χ4v) is 9.83. The lowest BCUT2D eigenvalue weighted by Crippen LogP contribution is -2.22. The van der Waals surface area contributed by atoms with Crippen LogP contribution in [0.25, 0.3) is 0 Å². The summed E-state index contributed by atoms with van der Waals surface area (Å²) in [5.74, 6) is 13.4. The summed E-state index contributed by atoms with van der Waals surface area (Å²) in [6, 6.07) is 45.7. The van der Waals surface area contributed by atoms with Gasteiger partial charge >= 0.3 is 0 Å². The number of hydrogen-bond acceptors (Lipinski definition) is 5. The highest BCUT2D eigenvalue weighted by atomic mass is 32.2. The summed E-state index contributed by atoms with van der Waals surface area (Å²) in [5, 5.41) is 0. The summed E-state index contributed by atoms with van der Waals surface area (Å²) in [5.41, 5.74) is 10.1. The minimum absolute atomic E-state index is 0.0171. The first-order chi connectivity index (χ1) is 28.6. The Bertz CT molecular complexity index is 2360. The van der Waals surface area contributed by atoms with Gasteiger partial charge in [-0.1, -0.05) is 124 Å². The molecule has 8 rings (SSSR count). The van der Waals surface area contributed by atoms with Crippen molar-refractivity contribution < 1.29 is 4.79 Å². The molecule has 6 aromatic rings. The molecule has 0 aromatic heterocycles. The van der Waals surface area contributed by atoms with E-state index in [4.69, 9.17) is 0 Å². The first-order valence-electron chi connectivity index (χ1n) is 20.7. The molecule has 0 aliphatic carbocycles. The number of carbonyl (C=O) groups excluding carboxylic acids is 1. The second-order valence-corrected chi connectivity index (χ2v) is 17.1. The number of anilines is 4. The van der Waals surface area contributed by atoms with Gasteiger partial charge < -0.3 is 9.80 Å². The van der Waals surface area contributed by atoms with Crippen LogP contribution in [0.5, 0.6) is 0 Å². The number of unbranched alkanes of at least 4 members (excludes halogenated alkanes) is 6. The van der Waals surface area contributed by atoms with Crippen molar-refractivity contribution in [3.63, 3.8) is 0 Å². The normalized spacial score (nSPS) is 12.2. The third-order valence-electron chi connectivity index (χ3n) is 10.7. The van der Waals surface area contributed by atoms with Crippen LogP contribution in [-0.4, -0.2) is 18.9 Å². The molecule has 0 bridgehead atoms. The van der Waals surface area contributed by atoms with Gasteiger partial charge in [0.05, 0.1) is 22.7 Å². The van der Waals surface area contributed by atoms with Gasteiger partial charge in [-0.25, -0.2) is 0 Å². The SMILES string of the molecule is CCCCCCN1c2ccccc2Sc2cc(C#Cc3ccc(C(=O)c4ccc(C#Cc5ccc6c(c5)Sc5ccccc5N6CCCCCC)cc4)cc3)ccc21. The summed E-state index contributed by atoms with van der Waals surface area (Å²) in [4.78, 5) is 23.4. The van der Waals surface area contributed by atoms with E-state index in [0.29, 0.717) is 11.1 Å². The van der Waals surface area contributed by atoms with Crippen molar-refractivity contribution in [3.05, 3.63) is 167 Å². The molecule has 0 spiro atoms. The van der Waals surface area contributed by atoms with Crippen LogP contribution in [0.2, 0.25) is 0 Å². The lowest BCUT2D eigenvalue weighted by atomic mass is 10.0. The van der Waals surface area contributed by atoms with E-state index in [0.717, 1.165) is 35.3 Å². The maximum atomic E-state index is 13.4. The van der Waals surface area contributed by atoms with Gasteiger partial charge in [0.25, 0.3) is 0 Å². The van der Waals surface area contributed by atoms with Gasteiger partial charge in [-0.3, -0.25) is 4.79 Å². The molecular formula is C53H48N2OS2. The quantitative estimate of drug-likeness (QED) is 0.0698. The molecule has 0 amide bonds. The van der Waals surface area contributed by atoms with Crippen molar-refractivity contribution in [2.45, 2.75) is 84.8 Å². The van der Waals surface area contributed by atoms with Crippen LogP contribution in [0.1, 0.15) is 103 Å². The van der Waals surface area contributed by atoms with Crippen molar-refractivity contribution in [1.29, 1.82) is 0 Å². The number of fused-ring (bicyclic) bond motifs is 4. The third kappa shape index (κ3) is 9.08. The molecule has 58 heavy (non-hydrogen) atoms. The van der Waals surface area contributed by atoms with E-state index < -0.39 is 0 Å². The highest BCUT2D eigenvalue weighted by Gasteiger charge is 2.24. The summed E-state index contributed by atoms with van der Waals surface area (Å²) >= 11 is 3.64. The van der Waals surface area contributed by atoms with Crippen LogP contribution in [0.3, 0.4) is 0 Å². The summed E-state index contributed by atoms with van der Waals surface area (Å²) in [7, 11) is 0. The Kier molecular flexibility index (Phi) is 12.7. The van der Waals surface area contributed by atoms with Crippen LogP contribution in [0.4, 0.5) is 22.7 Å². The lowest BCUT2D eigenvalue weighted by Gasteiger charge is -2.33. The fourth-order valence-electron chi connectivity index (χ4n) is 7.56. The summed E-state index contributed by atoms with van der Waals surface area (Å²) in [6.45, 7) is 6.55. The Labute approximate surface area is 353 Å². The van der Waals surface area contributed by atoms with Crippen LogP contribution < -0.4 is 9.80 Å². The zero-order chi connectivity index (χ0) is 39.7. The van der Waals surface area contributed by atoms with E-state index in [1.54, 1.807) is 0 Å². The van der Waals surface area contributed by atoms with Gasteiger partial charge in [-0.2, -0.15) is 0 Å². The van der Waals surface area contributed by atoms with Crippen LogP contribution in [0.15, 0.2) is 153 Å². The van der Waals surface area contributed by atoms with E-state index >= 15 is 0 Å². The average molecular weight is 793 g/mol. The Hall–Kier alpha value is -5.59. The molecule has 0 N–H and O–H groups in total. The maximum absolute atomic E-state index is 13.4. The topological polar surface area (TPSA) is 23.6 Å². The third-order valence-corrected chi connectivity index (χ3v) is 12.9. The molecule has 0 fully saturated rings. The number of ketones is 1. The van der Waals surface area contributed by atoms with Crippen molar-refractivity contribution in [2.24, 2.45) is 0 Å². The van der Waals surface area contributed by atoms with Crippen LogP contribution in [0, 0.1) is 23.7 Å². The van der Waals surface area contributed by atoms with Gasteiger partial charge in [0.15, 0.2) is 5.78 Å². The first-order valence-corrected chi connectivity index (χ1v) is 22.4. The minimum Gasteiger partial charge on any atom is -0.340 e. The van der Waals surface area contributed by atoms with Gasteiger partial charge in [0.1, 0.15) is 0 Å². The highest BCUT2D eigenvalue weighted by Crippen LogP contribution is 2.49. The Morgan fingerprint density at radius 3 is 1.24 bits per heavy atom. The minimum atomic E-state index is -0.0171. The van der Waals surface area contributed by atoms with Crippen LogP contribution >= 0.6 is 23.5 Å². The van der Waals surface area contributed by atoms with Gasteiger partial charge in [-0.15, -0.1) is 0 Å². The summed E-state index contributed by atoms with van der Waals surface area (Å²) in [6.07, 6.45) is 9.87. The number of para-hydroxylation sites is 2. The van der Waals surface area contributed by atoms with E-state index in [-0.39, 0.29) is 5.78 Å². The van der Waals surface area contributed by atoms with E-state index in [1.165, 1.54) is 93.7 Å². The van der Waals surface area contributed by atoms with E-state index in [2.05, 4.69) is 132 Å². The molecule has 0 radical (unpaired) electrons. The monoisotopic (exact) mass is 792 g/mol. The average Bonchev–Trinajstić information content (AvgIpc) is 3.27. The first kappa shape index (κ1) is 39.2. The lowest BCUT2D eigenvalue weighted by molar-refractivity contribution is 0.103. The van der Waals surface area contributed by atoms with Crippen molar-refractivity contribution in [3.8, 4) is 23.7 Å².